The monoisotopic (exact) mass is 339 g/mol. The van der Waals surface area contributed by atoms with Gasteiger partial charge in [-0.1, -0.05) is 19.3 Å². The number of hydrogen-bond acceptors (Lipinski definition) is 2. The first-order valence-corrected chi connectivity index (χ1v) is 8.76. The highest BCUT2D eigenvalue weighted by atomic mass is 35.5. The van der Waals surface area contributed by atoms with Crippen LogP contribution in [0.5, 0.6) is 0 Å². The summed E-state index contributed by atoms with van der Waals surface area (Å²) >= 11 is 0. The first-order valence-electron chi connectivity index (χ1n) is 8.76. The molecule has 1 saturated carbocycles. The van der Waals surface area contributed by atoms with Gasteiger partial charge in [0.25, 0.3) is 5.91 Å². The number of carbonyl (C=O) groups is 1. The minimum atomic E-state index is 0. The normalized spacial score (nSPS) is 22.0. The molecule has 2 aliphatic rings. The van der Waals surface area contributed by atoms with Crippen LogP contribution in [-0.4, -0.2) is 41.6 Å². The van der Waals surface area contributed by atoms with Gasteiger partial charge in [0.2, 0.25) is 0 Å². The summed E-state index contributed by atoms with van der Waals surface area (Å²) < 4.78 is 2.42. The highest BCUT2D eigenvalue weighted by molar-refractivity contribution is 5.95. The lowest BCUT2D eigenvalue weighted by Gasteiger charge is -2.27. The Morgan fingerprint density at radius 3 is 2.52 bits per heavy atom. The van der Waals surface area contributed by atoms with Gasteiger partial charge in [0, 0.05) is 37.1 Å². The summed E-state index contributed by atoms with van der Waals surface area (Å²) in [6.45, 7) is 6.21. The van der Waals surface area contributed by atoms with Gasteiger partial charge in [-0.3, -0.25) is 4.79 Å². The number of nitrogens with zero attached hydrogens (tertiary/aromatic N) is 2. The third-order valence-corrected chi connectivity index (χ3v) is 5.56. The minimum Gasteiger partial charge on any atom is -0.345 e. The zero-order chi connectivity index (χ0) is 15.7. The molecule has 4 nitrogen and oxygen atoms in total. The maximum absolute atomic E-state index is 12.9. The predicted molar refractivity (Wildman–Crippen MR) is 96.6 cm³/mol. The number of carbonyl (C=O) groups excluding carboxylic acids is 1. The van der Waals surface area contributed by atoms with Crippen molar-refractivity contribution in [3.05, 3.63) is 23.0 Å². The molecular formula is C18H30ClN3O. The third-order valence-electron chi connectivity index (χ3n) is 5.56. The van der Waals surface area contributed by atoms with Crippen molar-refractivity contribution in [1.29, 1.82) is 0 Å². The quantitative estimate of drug-likeness (QED) is 0.915. The molecule has 1 N–H and O–H groups in total. The van der Waals surface area contributed by atoms with Gasteiger partial charge in [-0.15, -0.1) is 12.4 Å². The van der Waals surface area contributed by atoms with Crippen molar-refractivity contribution >= 4 is 18.3 Å². The van der Waals surface area contributed by atoms with Gasteiger partial charge >= 0.3 is 0 Å². The van der Waals surface area contributed by atoms with Gasteiger partial charge in [-0.2, -0.15) is 0 Å². The van der Waals surface area contributed by atoms with Gasteiger partial charge in [0.15, 0.2) is 0 Å². The largest absolute Gasteiger partial charge is 0.345 e. The van der Waals surface area contributed by atoms with Crippen LogP contribution in [0.2, 0.25) is 0 Å². The molecule has 2 heterocycles. The Hall–Kier alpha value is -1.000. The second-order valence-corrected chi connectivity index (χ2v) is 7.01. The lowest BCUT2D eigenvalue weighted by atomic mass is 9.95. The minimum absolute atomic E-state index is 0. The molecule has 1 aliphatic carbocycles. The van der Waals surface area contributed by atoms with E-state index in [0.29, 0.717) is 12.1 Å². The SMILES string of the molecule is Cc1cc(C(=O)N(C)C2CCNC2)c(C)n1C1CCCCC1.Cl. The molecule has 1 atom stereocenters. The van der Waals surface area contributed by atoms with Crippen molar-refractivity contribution in [3.8, 4) is 0 Å². The zero-order valence-electron chi connectivity index (χ0n) is 14.6. The molecule has 1 unspecified atom stereocenters. The summed E-state index contributed by atoms with van der Waals surface area (Å²) in [5, 5.41) is 3.34. The zero-order valence-corrected chi connectivity index (χ0v) is 15.4. The third kappa shape index (κ3) is 3.58. The Morgan fingerprint density at radius 2 is 1.91 bits per heavy atom. The lowest BCUT2D eigenvalue weighted by Crippen LogP contribution is -2.38. The fourth-order valence-electron chi connectivity index (χ4n) is 4.22. The van der Waals surface area contributed by atoms with Gasteiger partial charge in [-0.05, 0) is 45.7 Å². The van der Waals surface area contributed by atoms with E-state index in [1.54, 1.807) is 0 Å². The molecule has 1 saturated heterocycles. The number of aromatic nitrogens is 1. The average molecular weight is 340 g/mol. The first kappa shape index (κ1) is 18.3. The van der Waals surface area contributed by atoms with Crippen LogP contribution in [-0.2, 0) is 0 Å². The van der Waals surface area contributed by atoms with E-state index in [4.69, 9.17) is 0 Å². The highest BCUT2D eigenvalue weighted by Gasteiger charge is 2.28. The number of halogens is 1. The van der Waals surface area contributed by atoms with E-state index in [-0.39, 0.29) is 18.3 Å². The molecule has 1 aliphatic heterocycles. The Balaban J connectivity index is 0.00000192. The van der Waals surface area contributed by atoms with E-state index in [2.05, 4.69) is 29.8 Å². The molecule has 1 aromatic rings. The number of nitrogens with one attached hydrogen (secondary N) is 1. The number of hydrogen-bond donors (Lipinski definition) is 1. The van der Waals surface area contributed by atoms with E-state index >= 15 is 0 Å². The fraction of sp³-hybridized carbons (Fsp3) is 0.722. The van der Waals surface area contributed by atoms with Crippen LogP contribution >= 0.6 is 12.4 Å². The van der Waals surface area contributed by atoms with Crippen molar-refractivity contribution in [2.45, 2.75) is 64.5 Å². The van der Waals surface area contributed by atoms with Crippen LogP contribution in [0.1, 0.15) is 66.3 Å². The molecule has 0 bridgehead atoms. The van der Waals surface area contributed by atoms with Crippen molar-refractivity contribution in [3.63, 3.8) is 0 Å². The van der Waals surface area contributed by atoms with Crippen LogP contribution in [0, 0.1) is 13.8 Å². The van der Waals surface area contributed by atoms with Gasteiger partial charge < -0.3 is 14.8 Å². The molecule has 1 aromatic heterocycles. The Labute approximate surface area is 146 Å². The maximum atomic E-state index is 12.9. The summed E-state index contributed by atoms with van der Waals surface area (Å²) in [7, 11) is 1.95. The Bertz CT molecular complexity index is 543. The topological polar surface area (TPSA) is 37.3 Å². The van der Waals surface area contributed by atoms with E-state index in [1.807, 2.05) is 11.9 Å². The average Bonchev–Trinajstić information content (AvgIpc) is 3.15. The van der Waals surface area contributed by atoms with Crippen LogP contribution in [0.3, 0.4) is 0 Å². The molecule has 23 heavy (non-hydrogen) atoms. The van der Waals surface area contributed by atoms with Crippen LogP contribution in [0.4, 0.5) is 0 Å². The Kier molecular flexibility index (Phi) is 6.15. The van der Waals surface area contributed by atoms with Crippen LogP contribution in [0.15, 0.2) is 6.07 Å². The summed E-state index contributed by atoms with van der Waals surface area (Å²) in [6, 6.07) is 3.03. The van der Waals surface area contributed by atoms with Crippen LogP contribution < -0.4 is 5.32 Å². The number of likely N-dealkylation sites (N-methyl/N-ethyl adjacent to an activating group) is 1. The Morgan fingerprint density at radius 1 is 1.22 bits per heavy atom. The van der Waals surface area contributed by atoms with E-state index in [1.165, 1.54) is 37.8 Å². The smallest absolute Gasteiger partial charge is 0.255 e. The molecular weight excluding hydrogens is 310 g/mol. The summed E-state index contributed by atoms with van der Waals surface area (Å²) in [5.41, 5.74) is 3.30. The van der Waals surface area contributed by atoms with Crippen molar-refractivity contribution < 1.29 is 4.79 Å². The van der Waals surface area contributed by atoms with E-state index < -0.39 is 0 Å². The fourth-order valence-corrected chi connectivity index (χ4v) is 4.22. The van der Waals surface area contributed by atoms with E-state index in [0.717, 1.165) is 30.8 Å². The molecule has 130 valence electrons. The summed E-state index contributed by atoms with van der Waals surface area (Å²) in [4.78, 5) is 14.8. The molecule has 0 spiro atoms. The number of rotatable bonds is 3. The van der Waals surface area contributed by atoms with Gasteiger partial charge in [0.1, 0.15) is 0 Å². The molecule has 0 radical (unpaired) electrons. The molecule has 3 rings (SSSR count). The number of amides is 1. The summed E-state index contributed by atoms with van der Waals surface area (Å²) in [6.07, 6.45) is 7.57. The number of aryl methyl sites for hydroxylation is 1. The van der Waals surface area contributed by atoms with Crippen molar-refractivity contribution in [2.75, 3.05) is 20.1 Å². The predicted octanol–water partition coefficient (Wildman–Crippen LogP) is 3.47. The van der Waals surface area contributed by atoms with Crippen molar-refractivity contribution in [1.82, 2.24) is 14.8 Å². The van der Waals surface area contributed by atoms with E-state index in [9.17, 15) is 4.79 Å². The van der Waals surface area contributed by atoms with Crippen molar-refractivity contribution in [2.24, 2.45) is 0 Å². The molecule has 5 heteroatoms. The first-order chi connectivity index (χ1) is 10.6. The highest BCUT2D eigenvalue weighted by Crippen LogP contribution is 2.32. The molecule has 2 fully saturated rings. The summed E-state index contributed by atoms with van der Waals surface area (Å²) in [5.74, 6) is 0.184. The lowest BCUT2D eigenvalue weighted by molar-refractivity contribution is 0.0742. The van der Waals surface area contributed by atoms with Crippen LogP contribution in [0.25, 0.3) is 0 Å². The standard InChI is InChI=1S/C18H29N3O.ClH/c1-13-11-17(18(22)20(3)16-9-10-19-12-16)14(2)21(13)15-7-5-4-6-8-15;/h11,15-16,19H,4-10,12H2,1-3H3;1H. The molecule has 1 amide bonds. The molecule has 0 aromatic carbocycles. The van der Waals surface area contributed by atoms with Gasteiger partial charge in [0.05, 0.1) is 5.56 Å². The maximum Gasteiger partial charge on any atom is 0.255 e. The second kappa shape index (κ2) is 7.71. The van der Waals surface area contributed by atoms with Gasteiger partial charge in [-0.25, -0.2) is 0 Å². The second-order valence-electron chi connectivity index (χ2n) is 7.01.